The van der Waals surface area contributed by atoms with Gasteiger partial charge in [-0.1, -0.05) is 68.9 Å². The van der Waals surface area contributed by atoms with Gasteiger partial charge >= 0.3 is 0 Å². The van der Waals surface area contributed by atoms with Crippen LogP contribution in [0.25, 0.3) is 0 Å². The van der Waals surface area contributed by atoms with Crippen molar-refractivity contribution in [2.24, 2.45) is 28.7 Å². The Kier molecular flexibility index (Phi) is 6.45. The van der Waals surface area contributed by atoms with E-state index < -0.39 is 0 Å². The fraction of sp³-hybridized carbons (Fsp3) is 0.667. The van der Waals surface area contributed by atoms with Gasteiger partial charge in [0.2, 0.25) is 0 Å². The van der Waals surface area contributed by atoms with Crippen molar-refractivity contribution in [1.82, 2.24) is 0 Å². The van der Waals surface area contributed by atoms with E-state index in [1.807, 2.05) is 0 Å². The molecule has 0 aliphatic heterocycles. The van der Waals surface area contributed by atoms with Gasteiger partial charge < -0.3 is 11.5 Å². The Labute approximate surface area is 160 Å². The zero-order valence-corrected chi connectivity index (χ0v) is 16.8. The first kappa shape index (κ1) is 19.5. The maximum absolute atomic E-state index is 7.03. The highest BCUT2D eigenvalue weighted by Gasteiger charge is 2.44. The summed E-state index contributed by atoms with van der Waals surface area (Å²) in [5.41, 5.74) is 17.4. The fourth-order valence-corrected chi connectivity index (χ4v) is 5.74. The molecule has 0 spiro atoms. The molecule has 3 rings (SSSR count). The van der Waals surface area contributed by atoms with Crippen LogP contribution >= 0.6 is 0 Å². The van der Waals surface area contributed by atoms with Crippen molar-refractivity contribution in [3.05, 3.63) is 47.2 Å². The van der Waals surface area contributed by atoms with Crippen molar-refractivity contribution >= 4 is 0 Å². The fourth-order valence-electron chi connectivity index (χ4n) is 5.74. The number of allylic oxidation sites excluding steroid dienone is 3. The summed E-state index contributed by atoms with van der Waals surface area (Å²) in [6.07, 6.45) is 24.5. The van der Waals surface area contributed by atoms with Gasteiger partial charge in [0.25, 0.3) is 0 Å². The molecule has 3 aliphatic rings. The minimum atomic E-state index is -0.132. The van der Waals surface area contributed by atoms with Crippen LogP contribution in [0, 0.1) is 17.3 Å². The molecule has 2 nitrogen and oxygen atoms in total. The second kappa shape index (κ2) is 8.61. The van der Waals surface area contributed by atoms with Gasteiger partial charge in [0.15, 0.2) is 0 Å². The minimum Gasteiger partial charge on any atom is -0.401 e. The summed E-state index contributed by atoms with van der Waals surface area (Å²) in [5.74, 6) is 1.18. The average molecular weight is 355 g/mol. The van der Waals surface area contributed by atoms with E-state index in [2.05, 4.69) is 44.2 Å². The van der Waals surface area contributed by atoms with E-state index in [-0.39, 0.29) is 11.5 Å². The third kappa shape index (κ3) is 3.58. The molecular formula is C24H38N2. The molecule has 2 heteroatoms. The lowest BCUT2D eigenvalue weighted by Crippen LogP contribution is -2.44. The normalized spacial score (nSPS) is 32.6. The van der Waals surface area contributed by atoms with E-state index in [0.29, 0.717) is 11.8 Å². The Balaban J connectivity index is 2.12. The van der Waals surface area contributed by atoms with Crippen molar-refractivity contribution in [2.75, 3.05) is 0 Å². The van der Waals surface area contributed by atoms with Crippen molar-refractivity contribution in [1.29, 1.82) is 0 Å². The summed E-state index contributed by atoms with van der Waals surface area (Å²) in [6, 6.07) is -0.0312. The molecular weight excluding hydrogens is 316 g/mol. The summed E-state index contributed by atoms with van der Waals surface area (Å²) in [7, 11) is 0. The highest BCUT2D eigenvalue weighted by atomic mass is 14.7. The van der Waals surface area contributed by atoms with E-state index in [1.165, 1.54) is 75.4 Å². The lowest BCUT2D eigenvalue weighted by atomic mass is 9.60. The maximum atomic E-state index is 7.03. The van der Waals surface area contributed by atoms with E-state index in [4.69, 9.17) is 11.5 Å². The van der Waals surface area contributed by atoms with Gasteiger partial charge in [-0.25, -0.2) is 0 Å². The molecule has 2 saturated carbocycles. The monoisotopic (exact) mass is 354 g/mol. The zero-order chi connectivity index (χ0) is 18.6. The smallest absolute Gasteiger partial charge is 0.0531 e. The number of hydrogen-bond donors (Lipinski definition) is 2. The molecule has 0 aromatic rings. The van der Waals surface area contributed by atoms with Gasteiger partial charge in [-0.15, -0.1) is 0 Å². The molecule has 0 saturated heterocycles. The molecule has 2 atom stereocenters. The first-order chi connectivity index (χ1) is 12.6. The standard InChI is InChI=1S/C24H38N2/c1-3-11-19-17-24(16-4-2,20-14-9-6-10-15-20)23(26)21(22(19)25)18-12-7-5-8-13-18/h3-4,11,16-18,20,22H,5-10,12-15,25-26H2,1-2H3/b11-3-,16-4-. The van der Waals surface area contributed by atoms with Crippen LogP contribution in [0.3, 0.4) is 0 Å². The first-order valence-electron chi connectivity index (χ1n) is 10.9. The Morgan fingerprint density at radius 2 is 1.54 bits per heavy atom. The van der Waals surface area contributed by atoms with Gasteiger partial charge in [0.05, 0.1) is 6.04 Å². The molecule has 2 fully saturated rings. The quantitative estimate of drug-likeness (QED) is 0.630. The maximum Gasteiger partial charge on any atom is 0.0531 e. The Morgan fingerprint density at radius 1 is 0.923 bits per heavy atom. The van der Waals surface area contributed by atoms with Crippen LogP contribution < -0.4 is 11.5 Å². The highest BCUT2D eigenvalue weighted by Crippen LogP contribution is 2.51. The third-order valence-electron chi connectivity index (χ3n) is 7.00. The molecule has 144 valence electrons. The summed E-state index contributed by atoms with van der Waals surface area (Å²) in [4.78, 5) is 0. The van der Waals surface area contributed by atoms with Gasteiger partial charge in [-0.05, 0) is 62.5 Å². The van der Waals surface area contributed by atoms with Crippen molar-refractivity contribution in [2.45, 2.75) is 84.1 Å². The van der Waals surface area contributed by atoms with Crippen LogP contribution in [-0.2, 0) is 0 Å². The molecule has 0 aromatic heterocycles. The molecule has 2 unspecified atom stereocenters. The van der Waals surface area contributed by atoms with Gasteiger partial charge in [-0.2, -0.15) is 0 Å². The second-order valence-electron chi connectivity index (χ2n) is 8.59. The van der Waals surface area contributed by atoms with Crippen LogP contribution in [0.5, 0.6) is 0 Å². The summed E-state index contributed by atoms with van der Waals surface area (Å²) >= 11 is 0. The molecule has 4 N–H and O–H groups in total. The predicted molar refractivity (Wildman–Crippen MR) is 112 cm³/mol. The predicted octanol–water partition coefficient (Wildman–Crippen LogP) is 5.77. The van der Waals surface area contributed by atoms with Crippen molar-refractivity contribution in [3.8, 4) is 0 Å². The number of nitrogens with two attached hydrogens (primary N) is 2. The summed E-state index contributed by atoms with van der Waals surface area (Å²) < 4.78 is 0. The molecule has 0 bridgehead atoms. The van der Waals surface area contributed by atoms with E-state index in [1.54, 1.807) is 0 Å². The van der Waals surface area contributed by atoms with Crippen molar-refractivity contribution < 1.29 is 0 Å². The lowest BCUT2D eigenvalue weighted by Gasteiger charge is -2.46. The van der Waals surface area contributed by atoms with Crippen LogP contribution in [0.2, 0.25) is 0 Å². The Morgan fingerprint density at radius 3 is 2.12 bits per heavy atom. The van der Waals surface area contributed by atoms with Crippen LogP contribution in [0.1, 0.15) is 78.1 Å². The summed E-state index contributed by atoms with van der Waals surface area (Å²) in [6.45, 7) is 4.23. The van der Waals surface area contributed by atoms with Gasteiger partial charge in [-0.3, -0.25) is 0 Å². The van der Waals surface area contributed by atoms with E-state index in [9.17, 15) is 0 Å². The zero-order valence-electron chi connectivity index (χ0n) is 16.8. The Bertz CT molecular complexity index is 598. The van der Waals surface area contributed by atoms with Crippen molar-refractivity contribution in [3.63, 3.8) is 0 Å². The van der Waals surface area contributed by atoms with Crippen LogP contribution in [0.4, 0.5) is 0 Å². The molecule has 26 heavy (non-hydrogen) atoms. The molecule has 0 aromatic carbocycles. The molecule has 3 aliphatic carbocycles. The molecule has 0 amide bonds. The van der Waals surface area contributed by atoms with Gasteiger partial charge in [0.1, 0.15) is 0 Å². The Hall–Kier alpha value is -1.28. The largest absolute Gasteiger partial charge is 0.401 e. The average Bonchev–Trinajstić information content (AvgIpc) is 2.68. The van der Waals surface area contributed by atoms with E-state index >= 15 is 0 Å². The highest BCUT2D eigenvalue weighted by molar-refractivity contribution is 5.49. The van der Waals surface area contributed by atoms with Crippen LogP contribution in [0.15, 0.2) is 47.2 Å². The number of hydrogen-bond acceptors (Lipinski definition) is 2. The number of rotatable bonds is 4. The lowest BCUT2D eigenvalue weighted by molar-refractivity contribution is 0.241. The first-order valence-corrected chi connectivity index (χ1v) is 10.9. The summed E-state index contributed by atoms with van der Waals surface area (Å²) in [5, 5.41) is 0. The topological polar surface area (TPSA) is 52.0 Å². The molecule has 0 radical (unpaired) electrons. The third-order valence-corrected chi connectivity index (χ3v) is 7.00. The molecule has 0 heterocycles. The SMILES string of the molecule is C/C=C\C1=CC(/C=C\C)(C2CCCCC2)C(N)=C(C2CCCCC2)C1N. The van der Waals surface area contributed by atoms with E-state index in [0.717, 1.165) is 5.70 Å². The van der Waals surface area contributed by atoms with Gasteiger partial charge in [0, 0.05) is 11.1 Å². The minimum absolute atomic E-state index is 0.0312. The second-order valence-corrected chi connectivity index (χ2v) is 8.59. The van der Waals surface area contributed by atoms with Crippen LogP contribution in [-0.4, -0.2) is 6.04 Å².